The lowest BCUT2D eigenvalue weighted by molar-refractivity contribution is 0.171. The molecule has 86 valence electrons. The topological polar surface area (TPSA) is 50.8 Å². The molecule has 1 unspecified atom stereocenters. The van der Waals surface area contributed by atoms with Crippen LogP contribution in [0.1, 0.15) is 32.0 Å². The normalized spacial score (nSPS) is 24.9. The van der Waals surface area contributed by atoms with Gasteiger partial charge in [-0.05, 0) is 26.3 Å². The highest BCUT2D eigenvalue weighted by Crippen LogP contribution is 2.31. The average molecular weight is 219 g/mol. The Labute approximate surface area is 95.8 Å². The fourth-order valence-electron chi connectivity index (χ4n) is 1.98. The van der Waals surface area contributed by atoms with E-state index in [2.05, 4.69) is 25.0 Å². The van der Waals surface area contributed by atoms with Crippen molar-refractivity contribution >= 4 is 0 Å². The first-order valence-corrected chi connectivity index (χ1v) is 5.68. The summed E-state index contributed by atoms with van der Waals surface area (Å²) in [4.78, 5) is 0. The van der Waals surface area contributed by atoms with Gasteiger partial charge in [-0.3, -0.25) is 4.68 Å². The highest BCUT2D eigenvalue weighted by molar-refractivity contribution is 5.11. The monoisotopic (exact) mass is 219 g/mol. The lowest BCUT2D eigenvalue weighted by Gasteiger charge is -2.16. The first kappa shape index (κ1) is 11.2. The van der Waals surface area contributed by atoms with Crippen molar-refractivity contribution in [1.29, 1.82) is 5.26 Å². The molecule has 0 aromatic carbocycles. The Morgan fingerprint density at radius 2 is 2.50 bits per heavy atom. The molecule has 1 aromatic rings. The van der Waals surface area contributed by atoms with E-state index in [9.17, 15) is 5.26 Å². The summed E-state index contributed by atoms with van der Waals surface area (Å²) >= 11 is 0. The van der Waals surface area contributed by atoms with Crippen molar-refractivity contribution in [2.24, 2.45) is 5.41 Å². The SMILES string of the molecule is CC(C)n1ccc(CC2(C#N)CCOC2)n1. The molecule has 1 fully saturated rings. The second-order valence-electron chi connectivity index (χ2n) is 4.75. The van der Waals surface area contributed by atoms with Gasteiger partial charge in [0.1, 0.15) is 0 Å². The molecule has 2 heterocycles. The first-order valence-electron chi connectivity index (χ1n) is 5.68. The first-order chi connectivity index (χ1) is 7.65. The largest absolute Gasteiger partial charge is 0.380 e. The zero-order chi connectivity index (χ0) is 11.6. The summed E-state index contributed by atoms with van der Waals surface area (Å²) in [6.45, 7) is 5.42. The number of hydrogen-bond acceptors (Lipinski definition) is 3. The molecule has 0 aliphatic carbocycles. The molecule has 0 radical (unpaired) electrons. The van der Waals surface area contributed by atoms with Gasteiger partial charge in [0.25, 0.3) is 0 Å². The minimum Gasteiger partial charge on any atom is -0.380 e. The van der Waals surface area contributed by atoms with Gasteiger partial charge in [-0.25, -0.2) is 0 Å². The highest BCUT2D eigenvalue weighted by Gasteiger charge is 2.35. The smallest absolute Gasteiger partial charge is 0.0884 e. The van der Waals surface area contributed by atoms with Gasteiger partial charge in [-0.1, -0.05) is 0 Å². The maximum atomic E-state index is 9.23. The van der Waals surface area contributed by atoms with E-state index in [0.29, 0.717) is 25.7 Å². The van der Waals surface area contributed by atoms with Gasteiger partial charge in [-0.2, -0.15) is 10.4 Å². The standard InChI is InChI=1S/C12H17N3O/c1-10(2)15-5-3-11(14-15)7-12(8-13)4-6-16-9-12/h3,5,10H,4,6-7,9H2,1-2H3. The van der Waals surface area contributed by atoms with Gasteiger partial charge >= 0.3 is 0 Å². The van der Waals surface area contributed by atoms with Crippen LogP contribution in [0, 0.1) is 16.7 Å². The zero-order valence-electron chi connectivity index (χ0n) is 9.81. The molecule has 1 saturated heterocycles. The summed E-state index contributed by atoms with van der Waals surface area (Å²) in [5, 5.41) is 13.7. The zero-order valence-corrected chi connectivity index (χ0v) is 9.81. The summed E-state index contributed by atoms with van der Waals surface area (Å²) in [7, 11) is 0. The minimum absolute atomic E-state index is 0.351. The molecule has 0 spiro atoms. The van der Waals surface area contributed by atoms with Crippen LogP contribution in [-0.2, 0) is 11.2 Å². The number of nitrogens with zero attached hydrogens (tertiary/aromatic N) is 3. The van der Waals surface area contributed by atoms with Crippen LogP contribution in [0.4, 0.5) is 0 Å². The molecule has 4 heteroatoms. The number of rotatable bonds is 3. The van der Waals surface area contributed by atoms with Crippen LogP contribution < -0.4 is 0 Å². The molecule has 16 heavy (non-hydrogen) atoms. The Balaban J connectivity index is 2.11. The van der Waals surface area contributed by atoms with Crippen molar-refractivity contribution in [3.8, 4) is 6.07 Å². The average Bonchev–Trinajstić information content (AvgIpc) is 2.88. The van der Waals surface area contributed by atoms with Crippen molar-refractivity contribution in [2.45, 2.75) is 32.7 Å². The molecule has 0 N–H and O–H groups in total. The molecule has 0 saturated carbocycles. The van der Waals surface area contributed by atoms with E-state index in [4.69, 9.17) is 4.74 Å². The van der Waals surface area contributed by atoms with Gasteiger partial charge in [0.2, 0.25) is 0 Å². The summed E-state index contributed by atoms with van der Waals surface area (Å²) in [5.74, 6) is 0. The molecular weight excluding hydrogens is 202 g/mol. The van der Waals surface area contributed by atoms with Crippen LogP contribution in [0.15, 0.2) is 12.3 Å². The van der Waals surface area contributed by atoms with E-state index < -0.39 is 0 Å². The van der Waals surface area contributed by atoms with E-state index in [1.54, 1.807) is 0 Å². The van der Waals surface area contributed by atoms with Gasteiger partial charge in [0, 0.05) is 25.3 Å². The van der Waals surface area contributed by atoms with Crippen molar-refractivity contribution in [3.05, 3.63) is 18.0 Å². The minimum atomic E-state index is -0.351. The van der Waals surface area contributed by atoms with Crippen molar-refractivity contribution < 1.29 is 4.74 Å². The van der Waals surface area contributed by atoms with Gasteiger partial charge in [0.15, 0.2) is 0 Å². The second-order valence-corrected chi connectivity index (χ2v) is 4.75. The molecule has 0 amide bonds. The highest BCUT2D eigenvalue weighted by atomic mass is 16.5. The van der Waals surface area contributed by atoms with E-state index in [-0.39, 0.29) is 5.41 Å². The molecule has 1 aliphatic rings. The van der Waals surface area contributed by atoms with Crippen LogP contribution in [0.3, 0.4) is 0 Å². The predicted molar refractivity (Wildman–Crippen MR) is 59.8 cm³/mol. The van der Waals surface area contributed by atoms with E-state index >= 15 is 0 Å². The Bertz CT molecular complexity index is 397. The molecular formula is C12H17N3O. The summed E-state index contributed by atoms with van der Waals surface area (Å²) in [6.07, 6.45) is 3.49. The Morgan fingerprint density at radius 1 is 1.69 bits per heavy atom. The number of ether oxygens (including phenoxy) is 1. The molecule has 1 atom stereocenters. The van der Waals surface area contributed by atoms with Crippen LogP contribution in [0.5, 0.6) is 0 Å². The molecule has 0 bridgehead atoms. The maximum absolute atomic E-state index is 9.23. The summed E-state index contributed by atoms with van der Waals surface area (Å²) in [6, 6.07) is 4.75. The van der Waals surface area contributed by atoms with Crippen molar-refractivity contribution in [2.75, 3.05) is 13.2 Å². The lowest BCUT2D eigenvalue weighted by atomic mass is 9.84. The summed E-state index contributed by atoms with van der Waals surface area (Å²) < 4.78 is 7.25. The Kier molecular flexibility index (Phi) is 2.97. The predicted octanol–water partition coefficient (Wildman–Crippen LogP) is 1.94. The van der Waals surface area contributed by atoms with Crippen LogP contribution in [0.25, 0.3) is 0 Å². The van der Waals surface area contributed by atoms with Crippen LogP contribution in [0.2, 0.25) is 0 Å². The molecule has 4 nitrogen and oxygen atoms in total. The fraction of sp³-hybridized carbons (Fsp3) is 0.667. The van der Waals surface area contributed by atoms with Gasteiger partial charge in [0.05, 0.1) is 23.8 Å². The molecule has 1 aliphatic heterocycles. The van der Waals surface area contributed by atoms with E-state index in [0.717, 1.165) is 12.1 Å². The molecule has 1 aromatic heterocycles. The third-order valence-corrected chi connectivity index (χ3v) is 3.05. The fourth-order valence-corrected chi connectivity index (χ4v) is 1.98. The van der Waals surface area contributed by atoms with E-state index in [1.165, 1.54) is 0 Å². The van der Waals surface area contributed by atoms with Gasteiger partial charge in [-0.15, -0.1) is 0 Å². The summed E-state index contributed by atoms with van der Waals surface area (Å²) in [5.41, 5.74) is 0.636. The van der Waals surface area contributed by atoms with Crippen LogP contribution in [-0.4, -0.2) is 23.0 Å². The quantitative estimate of drug-likeness (QED) is 0.780. The van der Waals surface area contributed by atoms with Crippen LogP contribution >= 0.6 is 0 Å². The Hall–Kier alpha value is -1.34. The maximum Gasteiger partial charge on any atom is 0.0884 e. The number of hydrogen-bond donors (Lipinski definition) is 0. The number of nitriles is 1. The lowest BCUT2D eigenvalue weighted by Crippen LogP contribution is -2.22. The third kappa shape index (κ3) is 2.10. The van der Waals surface area contributed by atoms with Crippen molar-refractivity contribution in [1.82, 2.24) is 9.78 Å². The van der Waals surface area contributed by atoms with E-state index in [1.807, 2.05) is 16.9 Å². The third-order valence-electron chi connectivity index (χ3n) is 3.05. The Morgan fingerprint density at radius 3 is 3.00 bits per heavy atom. The second kappa shape index (κ2) is 4.26. The number of aromatic nitrogens is 2. The van der Waals surface area contributed by atoms with Gasteiger partial charge < -0.3 is 4.74 Å². The van der Waals surface area contributed by atoms with Crippen molar-refractivity contribution in [3.63, 3.8) is 0 Å². The molecule has 2 rings (SSSR count).